The van der Waals surface area contributed by atoms with E-state index in [2.05, 4.69) is 10.1 Å². The molecule has 0 amide bonds. The summed E-state index contributed by atoms with van der Waals surface area (Å²) >= 11 is 0. The van der Waals surface area contributed by atoms with Crippen molar-refractivity contribution in [2.75, 3.05) is 0 Å². The Balaban J connectivity index is 1.91. The maximum atomic E-state index is 4.45. The topological polar surface area (TPSA) is 30.2 Å². The van der Waals surface area contributed by atoms with Gasteiger partial charge in [0.05, 0.1) is 29.5 Å². The van der Waals surface area contributed by atoms with Gasteiger partial charge >= 0.3 is 0 Å². The SMILES string of the molecule is C(=Nc1ccccc1)c1ccnn1-c1ccccc1. The predicted octanol–water partition coefficient (Wildman–Crippen LogP) is 3.62. The number of nitrogens with zero attached hydrogens (tertiary/aromatic N) is 3. The quantitative estimate of drug-likeness (QED) is 0.650. The Morgan fingerprint density at radius 1 is 0.842 bits per heavy atom. The van der Waals surface area contributed by atoms with Crippen LogP contribution in [-0.4, -0.2) is 16.0 Å². The minimum atomic E-state index is 0.934. The van der Waals surface area contributed by atoms with Gasteiger partial charge in [-0.15, -0.1) is 0 Å². The normalized spacial score (nSPS) is 10.9. The van der Waals surface area contributed by atoms with Crippen LogP contribution in [0, 0.1) is 0 Å². The minimum absolute atomic E-state index is 0.934. The van der Waals surface area contributed by atoms with Gasteiger partial charge in [0.15, 0.2) is 0 Å². The first-order valence-electron chi connectivity index (χ1n) is 6.12. The summed E-state index contributed by atoms with van der Waals surface area (Å²) < 4.78 is 1.87. The first kappa shape index (κ1) is 11.4. The summed E-state index contributed by atoms with van der Waals surface area (Å²) in [5, 5.41) is 4.32. The molecule has 0 spiro atoms. The molecule has 0 fully saturated rings. The maximum absolute atomic E-state index is 4.45. The molecule has 0 aliphatic rings. The number of hydrogen-bond acceptors (Lipinski definition) is 2. The lowest BCUT2D eigenvalue weighted by Gasteiger charge is -2.03. The molecule has 0 saturated carbocycles. The predicted molar refractivity (Wildman–Crippen MR) is 77.3 cm³/mol. The van der Waals surface area contributed by atoms with E-state index in [1.807, 2.05) is 77.6 Å². The van der Waals surface area contributed by atoms with E-state index in [9.17, 15) is 0 Å². The van der Waals surface area contributed by atoms with E-state index in [0.717, 1.165) is 17.1 Å². The van der Waals surface area contributed by atoms with Gasteiger partial charge in [-0.1, -0.05) is 36.4 Å². The number of rotatable bonds is 3. The van der Waals surface area contributed by atoms with E-state index in [-0.39, 0.29) is 0 Å². The summed E-state index contributed by atoms with van der Waals surface area (Å²) in [5.41, 5.74) is 2.92. The summed E-state index contributed by atoms with van der Waals surface area (Å²) in [6.45, 7) is 0. The fourth-order valence-corrected chi connectivity index (χ4v) is 1.85. The molecule has 0 N–H and O–H groups in total. The van der Waals surface area contributed by atoms with Crippen molar-refractivity contribution >= 4 is 11.9 Å². The van der Waals surface area contributed by atoms with E-state index in [1.165, 1.54) is 0 Å². The van der Waals surface area contributed by atoms with Gasteiger partial charge < -0.3 is 0 Å². The molecule has 3 nitrogen and oxygen atoms in total. The third-order valence-electron chi connectivity index (χ3n) is 2.77. The van der Waals surface area contributed by atoms with Gasteiger partial charge in [0.2, 0.25) is 0 Å². The van der Waals surface area contributed by atoms with Crippen molar-refractivity contribution in [2.24, 2.45) is 4.99 Å². The molecule has 3 aromatic rings. The van der Waals surface area contributed by atoms with Gasteiger partial charge in [-0.05, 0) is 30.3 Å². The molecule has 3 heteroatoms. The van der Waals surface area contributed by atoms with Crippen LogP contribution in [-0.2, 0) is 0 Å². The van der Waals surface area contributed by atoms with Crippen molar-refractivity contribution in [3.05, 3.63) is 78.6 Å². The highest BCUT2D eigenvalue weighted by Crippen LogP contribution is 2.12. The summed E-state index contributed by atoms with van der Waals surface area (Å²) in [6, 6.07) is 21.8. The van der Waals surface area contributed by atoms with Crippen molar-refractivity contribution in [3.8, 4) is 5.69 Å². The third-order valence-corrected chi connectivity index (χ3v) is 2.77. The lowest BCUT2D eigenvalue weighted by Crippen LogP contribution is -2.00. The highest BCUT2D eigenvalue weighted by atomic mass is 15.3. The van der Waals surface area contributed by atoms with Crippen LogP contribution in [0.1, 0.15) is 5.69 Å². The van der Waals surface area contributed by atoms with Crippen LogP contribution < -0.4 is 0 Å². The molecule has 92 valence electrons. The fourth-order valence-electron chi connectivity index (χ4n) is 1.85. The van der Waals surface area contributed by atoms with Gasteiger partial charge in [0.25, 0.3) is 0 Å². The minimum Gasteiger partial charge on any atom is -0.255 e. The molecule has 0 aliphatic carbocycles. The summed E-state index contributed by atoms with van der Waals surface area (Å²) in [5.74, 6) is 0. The molecular formula is C16H13N3. The maximum Gasteiger partial charge on any atom is 0.0851 e. The zero-order chi connectivity index (χ0) is 12.9. The number of benzene rings is 2. The average molecular weight is 247 g/mol. The van der Waals surface area contributed by atoms with Gasteiger partial charge in [-0.2, -0.15) is 5.10 Å². The molecule has 0 aliphatic heterocycles. The van der Waals surface area contributed by atoms with Gasteiger partial charge in [-0.25, -0.2) is 4.68 Å². The standard InChI is InChI=1S/C16H13N3/c1-3-7-14(8-4-1)17-13-16-11-12-18-19(16)15-9-5-2-6-10-15/h1-13H. The first-order valence-corrected chi connectivity index (χ1v) is 6.12. The van der Waals surface area contributed by atoms with Crippen molar-refractivity contribution < 1.29 is 0 Å². The van der Waals surface area contributed by atoms with E-state index >= 15 is 0 Å². The van der Waals surface area contributed by atoms with Crippen molar-refractivity contribution in [1.29, 1.82) is 0 Å². The van der Waals surface area contributed by atoms with Crippen molar-refractivity contribution in [1.82, 2.24) is 9.78 Å². The lowest BCUT2D eigenvalue weighted by molar-refractivity contribution is 0.874. The molecule has 0 atom stereocenters. The van der Waals surface area contributed by atoms with E-state index in [0.29, 0.717) is 0 Å². The number of hydrogen-bond donors (Lipinski definition) is 0. The van der Waals surface area contributed by atoms with Crippen LogP contribution in [0.2, 0.25) is 0 Å². The zero-order valence-corrected chi connectivity index (χ0v) is 10.3. The molecule has 0 unspecified atom stereocenters. The first-order chi connectivity index (χ1) is 9.43. The van der Waals surface area contributed by atoms with Crippen molar-refractivity contribution in [2.45, 2.75) is 0 Å². The molecule has 19 heavy (non-hydrogen) atoms. The second-order valence-corrected chi connectivity index (χ2v) is 4.10. The highest BCUT2D eigenvalue weighted by molar-refractivity contribution is 5.80. The summed E-state index contributed by atoms with van der Waals surface area (Å²) in [6.07, 6.45) is 3.61. The number of aromatic nitrogens is 2. The van der Waals surface area contributed by atoms with E-state index < -0.39 is 0 Å². The third kappa shape index (κ3) is 2.60. The molecule has 0 saturated heterocycles. The zero-order valence-electron chi connectivity index (χ0n) is 10.3. The Bertz CT molecular complexity index is 669. The van der Waals surface area contributed by atoms with Crippen LogP contribution in [0.3, 0.4) is 0 Å². The van der Waals surface area contributed by atoms with Crippen LogP contribution in [0.4, 0.5) is 5.69 Å². The molecular weight excluding hydrogens is 234 g/mol. The van der Waals surface area contributed by atoms with Crippen molar-refractivity contribution in [3.63, 3.8) is 0 Å². The second-order valence-electron chi connectivity index (χ2n) is 4.10. The lowest BCUT2D eigenvalue weighted by atomic mass is 10.3. The van der Waals surface area contributed by atoms with Crippen LogP contribution >= 0.6 is 0 Å². The van der Waals surface area contributed by atoms with E-state index in [1.54, 1.807) is 6.20 Å². The van der Waals surface area contributed by atoms with Crippen LogP contribution in [0.25, 0.3) is 5.69 Å². The van der Waals surface area contributed by atoms with Crippen LogP contribution in [0.15, 0.2) is 77.9 Å². The molecule has 3 rings (SSSR count). The molecule has 1 aromatic heterocycles. The Morgan fingerprint density at radius 3 is 2.26 bits per heavy atom. The van der Waals surface area contributed by atoms with Gasteiger partial charge in [0.1, 0.15) is 0 Å². The van der Waals surface area contributed by atoms with Crippen LogP contribution in [0.5, 0.6) is 0 Å². The Kier molecular flexibility index (Phi) is 3.19. The number of aliphatic imine (C=N–C) groups is 1. The Hall–Kier alpha value is -2.68. The Morgan fingerprint density at radius 2 is 1.53 bits per heavy atom. The summed E-state index contributed by atoms with van der Waals surface area (Å²) in [7, 11) is 0. The van der Waals surface area contributed by atoms with E-state index in [4.69, 9.17) is 0 Å². The largest absolute Gasteiger partial charge is 0.255 e. The van der Waals surface area contributed by atoms with Gasteiger partial charge in [-0.3, -0.25) is 4.99 Å². The monoisotopic (exact) mass is 247 g/mol. The molecule has 0 bridgehead atoms. The fraction of sp³-hybridized carbons (Fsp3) is 0. The van der Waals surface area contributed by atoms with Gasteiger partial charge in [0, 0.05) is 0 Å². The smallest absolute Gasteiger partial charge is 0.0851 e. The molecule has 2 aromatic carbocycles. The second kappa shape index (κ2) is 5.31. The molecule has 1 heterocycles. The number of para-hydroxylation sites is 2. The highest BCUT2D eigenvalue weighted by Gasteiger charge is 2.01. The summed E-state index contributed by atoms with van der Waals surface area (Å²) in [4.78, 5) is 4.45. The molecule has 0 radical (unpaired) electrons. The Labute approximate surface area is 111 Å². The average Bonchev–Trinajstić information content (AvgIpc) is 2.95.